The first kappa shape index (κ1) is 28.0. The highest BCUT2D eigenvalue weighted by Gasteiger charge is 2.23. The van der Waals surface area contributed by atoms with Crippen molar-refractivity contribution < 1.29 is 24.1 Å². The van der Waals surface area contributed by atoms with Crippen molar-refractivity contribution in [3.63, 3.8) is 0 Å². The van der Waals surface area contributed by atoms with Crippen LogP contribution in [0.5, 0.6) is 17.2 Å². The van der Waals surface area contributed by atoms with Gasteiger partial charge in [-0.25, -0.2) is 4.79 Å². The number of hydrogen-bond donors (Lipinski definition) is 2. The van der Waals surface area contributed by atoms with Crippen LogP contribution in [0, 0.1) is 0 Å². The number of rotatable bonds is 13. The summed E-state index contributed by atoms with van der Waals surface area (Å²) in [5, 5.41) is 13.2. The molecule has 0 saturated carbocycles. The van der Waals surface area contributed by atoms with E-state index in [2.05, 4.69) is 53.8 Å². The van der Waals surface area contributed by atoms with E-state index < -0.39 is 5.97 Å². The molecule has 0 atom stereocenters. The fourth-order valence-corrected chi connectivity index (χ4v) is 4.31. The smallest absolute Gasteiger partial charge is 0.336 e. The maximum absolute atomic E-state index is 11.9. The van der Waals surface area contributed by atoms with Gasteiger partial charge in [0, 0.05) is 11.5 Å². The summed E-state index contributed by atoms with van der Waals surface area (Å²) in [6.07, 6.45) is 2.26. The Morgan fingerprint density at radius 3 is 1.91 bits per heavy atom. The van der Waals surface area contributed by atoms with E-state index in [9.17, 15) is 9.90 Å². The van der Waals surface area contributed by atoms with Crippen LogP contribution in [0.25, 0.3) is 0 Å². The lowest BCUT2D eigenvalue weighted by atomic mass is 9.88. The van der Waals surface area contributed by atoms with Gasteiger partial charge in [0.25, 0.3) is 0 Å². The highest BCUT2D eigenvalue weighted by Crippen LogP contribution is 2.42. The minimum Gasteiger partial charge on any atom is -0.493 e. The summed E-state index contributed by atoms with van der Waals surface area (Å²) in [5.41, 5.74) is 3.39. The SMILES string of the molecule is COc1cc(C(=O)O)c(CCCNCCC(c2ccccc2)c2ccccc2)c(OC)c1OC.Cl. The molecule has 0 heterocycles. The second-order valence-corrected chi connectivity index (χ2v) is 7.99. The molecule has 0 fully saturated rings. The van der Waals surface area contributed by atoms with Gasteiger partial charge in [0.1, 0.15) is 0 Å². The summed E-state index contributed by atoms with van der Waals surface area (Å²) in [5.74, 6) is 0.459. The summed E-state index contributed by atoms with van der Waals surface area (Å²) in [6, 6.07) is 22.6. The number of carbonyl (C=O) groups is 1. The number of carboxylic acid groups (broad SMARTS) is 1. The Bertz CT molecular complexity index is 1020. The van der Waals surface area contributed by atoms with Gasteiger partial charge in [-0.2, -0.15) is 0 Å². The second-order valence-electron chi connectivity index (χ2n) is 7.99. The molecule has 3 aromatic rings. The standard InChI is InChI=1S/C28H33NO5.ClH/c1-32-25-19-24(28(30)31)23(26(33-2)27(25)34-3)15-10-17-29-18-16-22(20-11-6-4-7-12-20)21-13-8-5-9-14-21;/h4-9,11-14,19,22,29H,10,15-18H2,1-3H3,(H,30,31);1H. The van der Waals surface area contributed by atoms with Crippen molar-refractivity contribution in [2.45, 2.75) is 25.2 Å². The van der Waals surface area contributed by atoms with Crippen LogP contribution >= 0.6 is 12.4 Å². The monoisotopic (exact) mass is 499 g/mol. The number of halogens is 1. The van der Waals surface area contributed by atoms with Crippen molar-refractivity contribution in [3.8, 4) is 17.2 Å². The molecule has 3 rings (SSSR count). The molecule has 35 heavy (non-hydrogen) atoms. The topological polar surface area (TPSA) is 77.0 Å². The lowest BCUT2D eigenvalue weighted by Crippen LogP contribution is -2.20. The van der Waals surface area contributed by atoms with Crippen molar-refractivity contribution in [2.24, 2.45) is 0 Å². The molecule has 0 aliphatic carbocycles. The molecule has 0 aromatic heterocycles. The van der Waals surface area contributed by atoms with E-state index in [0.717, 1.165) is 25.9 Å². The van der Waals surface area contributed by atoms with Gasteiger partial charge >= 0.3 is 5.97 Å². The van der Waals surface area contributed by atoms with Gasteiger partial charge < -0.3 is 24.6 Å². The average molecular weight is 500 g/mol. The molecular formula is C28H34ClNO5. The van der Waals surface area contributed by atoms with Gasteiger partial charge in [-0.1, -0.05) is 60.7 Å². The molecule has 0 saturated heterocycles. The minimum absolute atomic E-state index is 0. The third-order valence-electron chi connectivity index (χ3n) is 5.96. The Hall–Kier alpha value is -3.22. The Morgan fingerprint density at radius 2 is 1.43 bits per heavy atom. The largest absolute Gasteiger partial charge is 0.493 e. The van der Waals surface area contributed by atoms with E-state index in [4.69, 9.17) is 14.2 Å². The number of aromatic carboxylic acids is 1. The average Bonchev–Trinajstić information content (AvgIpc) is 2.88. The molecule has 0 radical (unpaired) electrons. The molecule has 0 aliphatic rings. The first-order valence-electron chi connectivity index (χ1n) is 11.5. The van der Waals surface area contributed by atoms with Crippen LogP contribution in [0.1, 0.15) is 45.8 Å². The first-order chi connectivity index (χ1) is 16.6. The lowest BCUT2D eigenvalue weighted by Gasteiger charge is -2.19. The van der Waals surface area contributed by atoms with Crippen molar-refractivity contribution in [3.05, 3.63) is 89.0 Å². The quantitative estimate of drug-likeness (QED) is 0.299. The van der Waals surface area contributed by atoms with Gasteiger partial charge in [0.2, 0.25) is 5.75 Å². The van der Waals surface area contributed by atoms with Crippen LogP contribution in [0.4, 0.5) is 0 Å². The number of ether oxygens (including phenoxy) is 3. The molecule has 2 N–H and O–H groups in total. The van der Waals surface area contributed by atoms with Crippen LogP contribution in [-0.4, -0.2) is 45.5 Å². The molecule has 7 heteroatoms. The van der Waals surface area contributed by atoms with Crippen molar-refractivity contribution in [1.29, 1.82) is 0 Å². The molecule has 0 bridgehead atoms. The molecule has 0 spiro atoms. The third kappa shape index (κ3) is 7.13. The summed E-state index contributed by atoms with van der Waals surface area (Å²) in [7, 11) is 4.50. The summed E-state index contributed by atoms with van der Waals surface area (Å²) in [6.45, 7) is 1.61. The zero-order valence-corrected chi connectivity index (χ0v) is 21.3. The Morgan fingerprint density at radius 1 is 0.857 bits per heavy atom. The van der Waals surface area contributed by atoms with Gasteiger partial charge in [0.15, 0.2) is 11.5 Å². The fraction of sp³-hybridized carbons (Fsp3) is 0.321. The predicted octanol–water partition coefficient (Wildman–Crippen LogP) is 5.58. The van der Waals surface area contributed by atoms with Gasteiger partial charge in [0.05, 0.1) is 26.9 Å². The van der Waals surface area contributed by atoms with Crippen LogP contribution in [0.15, 0.2) is 66.7 Å². The van der Waals surface area contributed by atoms with Crippen LogP contribution in [0.2, 0.25) is 0 Å². The van der Waals surface area contributed by atoms with E-state index in [1.165, 1.54) is 38.5 Å². The molecule has 3 aromatic carbocycles. The van der Waals surface area contributed by atoms with Crippen LogP contribution < -0.4 is 19.5 Å². The first-order valence-corrected chi connectivity index (χ1v) is 11.5. The second kappa shape index (κ2) is 14.2. The molecule has 6 nitrogen and oxygen atoms in total. The van der Waals surface area contributed by atoms with Gasteiger partial charge in [-0.15, -0.1) is 12.4 Å². The van der Waals surface area contributed by atoms with Gasteiger partial charge in [-0.05, 0) is 49.5 Å². The Balaban J connectivity index is 0.00000432. The van der Waals surface area contributed by atoms with Crippen molar-refractivity contribution in [2.75, 3.05) is 34.4 Å². The molecule has 188 valence electrons. The summed E-state index contributed by atoms with van der Waals surface area (Å²) in [4.78, 5) is 11.9. The predicted molar refractivity (Wildman–Crippen MR) is 141 cm³/mol. The maximum Gasteiger partial charge on any atom is 0.336 e. The third-order valence-corrected chi connectivity index (χ3v) is 5.96. The van der Waals surface area contributed by atoms with E-state index in [1.54, 1.807) is 0 Å². The van der Waals surface area contributed by atoms with E-state index in [1.807, 2.05) is 12.1 Å². The van der Waals surface area contributed by atoms with Gasteiger partial charge in [-0.3, -0.25) is 0 Å². The molecule has 0 unspecified atom stereocenters. The Kier molecular flexibility index (Phi) is 11.4. The van der Waals surface area contributed by atoms with Crippen LogP contribution in [-0.2, 0) is 6.42 Å². The number of nitrogens with one attached hydrogen (secondary N) is 1. The highest BCUT2D eigenvalue weighted by molar-refractivity contribution is 5.92. The number of carboxylic acids is 1. The minimum atomic E-state index is -1.02. The van der Waals surface area contributed by atoms with Crippen molar-refractivity contribution in [1.82, 2.24) is 5.32 Å². The molecular weight excluding hydrogens is 466 g/mol. The normalized spacial score (nSPS) is 10.5. The fourth-order valence-electron chi connectivity index (χ4n) is 4.31. The van der Waals surface area contributed by atoms with E-state index >= 15 is 0 Å². The number of hydrogen-bond acceptors (Lipinski definition) is 5. The summed E-state index contributed by atoms with van der Waals surface area (Å²) < 4.78 is 16.2. The van der Waals surface area contributed by atoms with E-state index in [-0.39, 0.29) is 18.0 Å². The lowest BCUT2D eigenvalue weighted by molar-refractivity contribution is 0.0694. The van der Waals surface area contributed by atoms with Crippen molar-refractivity contribution >= 4 is 18.4 Å². The number of benzene rings is 3. The zero-order chi connectivity index (χ0) is 24.3. The van der Waals surface area contributed by atoms with Crippen LogP contribution in [0.3, 0.4) is 0 Å². The highest BCUT2D eigenvalue weighted by atomic mass is 35.5. The molecule has 0 aliphatic heterocycles. The summed E-state index contributed by atoms with van der Waals surface area (Å²) >= 11 is 0. The number of methoxy groups -OCH3 is 3. The molecule has 0 amide bonds. The van der Waals surface area contributed by atoms with E-state index in [0.29, 0.717) is 35.2 Å². The Labute approximate surface area is 213 Å². The zero-order valence-electron chi connectivity index (χ0n) is 20.5. The maximum atomic E-state index is 11.9.